The molecule has 0 bridgehead atoms. The van der Waals surface area contributed by atoms with Crippen molar-refractivity contribution in [3.05, 3.63) is 29.8 Å². The molecule has 0 heterocycles. The van der Waals surface area contributed by atoms with E-state index in [1.807, 2.05) is 0 Å². The van der Waals surface area contributed by atoms with Crippen molar-refractivity contribution in [1.29, 1.82) is 0 Å². The van der Waals surface area contributed by atoms with Gasteiger partial charge in [0.05, 0.1) is 19.3 Å². The second kappa shape index (κ2) is 8.35. The molecule has 1 aromatic carbocycles. The largest absolute Gasteiger partial charge is 0.497 e. The lowest BCUT2D eigenvalue weighted by Gasteiger charge is -2.22. The van der Waals surface area contributed by atoms with Gasteiger partial charge in [-0.15, -0.1) is 0 Å². The SMILES string of the molecule is COc1ccc(CC(N)C(=O)NC(C(=O)O)C(C)OC)cc1. The molecule has 1 rings (SSSR count). The number of benzene rings is 1. The maximum Gasteiger partial charge on any atom is 0.328 e. The van der Waals surface area contributed by atoms with E-state index in [2.05, 4.69) is 5.32 Å². The molecular weight excluding hydrogens is 288 g/mol. The van der Waals surface area contributed by atoms with Crippen LogP contribution in [0.2, 0.25) is 0 Å². The van der Waals surface area contributed by atoms with Crippen LogP contribution in [0.25, 0.3) is 0 Å². The second-order valence-corrected chi connectivity index (χ2v) is 4.92. The first-order chi connectivity index (χ1) is 10.4. The smallest absolute Gasteiger partial charge is 0.328 e. The van der Waals surface area contributed by atoms with Gasteiger partial charge in [-0.2, -0.15) is 0 Å². The van der Waals surface area contributed by atoms with Crippen molar-refractivity contribution in [3.63, 3.8) is 0 Å². The molecule has 122 valence electrons. The highest BCUT2D eigenvalue weighted by molar-refractivity contribution is 5.87. The maximum absolute atomic E-state index is 12.0. The van der Waals surface area contributed by atoms with Crippen molar-refractivity contribution in [2.24, 2.45) is 5.73 Å². The molecular formula is C15H22N2O5. The van der Waals surface area contributed by atoms with Gasteiger partial charge in [0, 0.05) is 7.11 Å². The number of amides is 1. The topological polar surface area (TPSA) is 111 Å². The molecule has 0 spiro atoms. The van der Waals surface area contributed by atoms with Crippen LogP contribution >= 0.6 is 0 Å². The van der Waals surface area contributed by atoms with E-state index in [4.69, 9.17) is 20.3 Å². The zero-order valence-electron chi connectivity index (χ0n) is 12.9. The van der Waals surface area contributed by atoms with E-state index < -0.39 is 30.1 Å². The van der Waals surface area contributed by atoms with Gasteiger partial charge in [0.2, 0.25) is 5.91 Å². The van der Waals surface area contributed by atoms with E-state index in [0.29, 0.717) is 12.2 Å². The summed E-state index contributed by atoms with van der Waals surface area (Å²) in [5.74, 6) is -0.993. The molecule has 0 aliphatic carbocycles. The van der Waals surface area contributed by atoms with E-state index in [-0.39, 0.29) is 0 Å². The van der Waals surface area contributed by atoms with E-state index in [1.54, 1.807) is 38.3 Å². The third-order valence-corrected chi connectivity index (χ3v) is 3.36. The maximum atomic E-state index is 12.0. The first-order valence-corrected chi connectivity index (χ1v) is 6.83. The Balaban J connectivity index is 2.65. The number of hydrogen-bond donors (Lipinski definition) is 3. The predicted molar refractivity (Wildman–Crippen MR) is 80.7 cm³/mol. The Bertz CT molecular complexity index is 503. The van der Waals surface area contributed by atoms with Crippen molar-refractivity contribution >= 4 is 11.9 Å². The van der Waals surface area contributed by atoms with Gasteiger partial charge in [0.1, 0.15) is 5.75 Å². The van der Waals surface area contributed by atoms with Crippen LogP contribution in [0, 0.1) is 0 Å². The highest BCUT2D eigenvalue weighted by Gasteiger charge is 2.28. The van der Waals surface area contributed by atoms with Gasteiger partial charge in [-0.3, -0.25) is 4.79 Å². The summed E-state index contributed by atoms with van der Waals surface area (Å²) < 4.78 is 10.00. The van der Waals surface area contributed by atoms with Crippen LogP contribution in [-0.4, -0.2) is 49.4 Å². The zero-order chi connectivity index (χ0) is 16.7. The Labute approximate surface area is 129 Å². The standard InChI is InChI=1S/C15H22N2O5/c1-9(21-2)13(15(19)20)17-14(18)12(16)8-10-4-6-11(22-3)7-5-10/h4-7,9,12-13H,8,16H2,1-3H3,(H,17,18)(H,19,20). The number of carbonyl (C=O) groups is 2. The van der Waals surface area contributed by atoms with E-state index >= 15 is 0 Å². The lowest BCUT2D eigenvalue weighted by atomic mass is 10.0. The fourth-order valence-electron chi connectivity index (χ4n) is 1.88. The van der Waals surface area contributed by atoms with Gasteiger partial charge in [0.15, 0.2) is 6.04 Å². The van der Waals surface area contributed by atoms with Crippen molar-refractivity contribution < 1.29 is 24.2 Å². The number of aliphatic carboxylic acids is 1. The molecule has 0 fully saturated rings. The summed E-state index contributed by atoms with van der Waals surface area (Å²) >= 11 is 0. The first-order valence-electron chi connectivity index (χ1n) is 6.83. The van der Waals surface area contributed by atoms with Gasteiger partial charge in [-0.1, -0.05) is 12.1 Å². The van der Waals surface area contributed by atoms with Crippen LogP contribution in [0.15, 0.2) is 24.3 Å². The van der Waals surface area contributed by atoms with Gasteiger partial charge < -0.3 is 25.6 Å². The summed E-state index contributed by atoms with van der Waals surface area (Å²) in [6.45, 7) is 1.56. The van der Waals surface area contributed by atoms with E-state index in [9.17, 15) is 9.59 Å². The number of hydrogen-bond acceptors (Lipinski definition) is 5. The van der Waals surface area contributed by atoms with Crippen LogP contribution in [0.4, 0.5) is 0 Å². The minimum absolute atomic E-state index is 0.295. The molecule has 0 aliphatic rings. The number of carboxylic acid groups (broad SMARTS) is 1. The van der Waals surface area contributed by atoms with Crippen molar-refractivity contribution in [2.45, 2.75) is 31.5 Å². The summed E-state index contributed by atoms with van der Waals surface area (Å²) in [7, 11) is 2.95. The number of nitrogens with two attached hydrogens (primary N) is 1. The Morgan fingerprint density at radius 2 is 1.86 bits per heavy atom. The normalized spacial score (nSPS) is 14.7. The Morgan fingerprint density at radius 1 is 1.27 bits per heavy atom. The summed E-state index contributed by atoms with van der Waals surface area (Å²) in [5, 5.41) is 11.5. The fourth-order valence-corrected chi connectivity index (χ4v) is 1.88. The molecule has 0 radical (unpaired) electrons. The van der Waals surface area contributed by atoms with Crippen molar-refractivity contribution in [1.82, 2.24) is 5.32 Å². The van der Waals surface area contributed by atoms with Crippen molar-refractivity contribution in [3.8, 4) is 5.75 Å². The highest BCUT2D eigenvalue weighted by atomic mass is 16.5. The van der Waals surface area contributed by atoms with Crippen LogP contribution in [0.3, 0.4) is 0 Å². The molecule has 0 aromatic heterocycles. The third kappa shape index (κ3) is 5.01. The molecule has 0 saturated heterocycles. The molecule has 22 heavy (non-hydrogen) atoms. The van der Waals surface area contributed by atoms with Crippen LogP contribution in [0.1, 0.15) is 12.5 Å². The molecule has 1 amide bonds. The number of carbonyl (C=O) groups excluding carboxylic acids is 1. The summed E-state index contributed by atoms with van der Waals surface area (Å²) in [5.41, 5.74) is 6.69. The van der Waals surface area contributed by atoms with Crippen LogP contribution in [-0.2, 0) is 20.7 Å². The Hall–Kier alpha value is -2.12. The number of rotatable bonds is 8. The van der Waals surface area contributed by atoms with Gasteiger partial charge in [0.25, 0.3) is 0 Å². The zero-order valence-corrected chi connectivity index (χ0v) is 12.9. The minimum atomic E-state index is -1.17. The highest BCUT2D eigenvalue weighted by Crippen LogP contribution is 2.12. The minimum Gasteiger partial charge on any atom is -0.497 e. The lowest BCUT2D eigenvalue weighted by molar-refractivity contribution is -0.145. The Kier molecular flexibility index (Phi) is 6.81. The molecule has 7 nitrogen and oxygen atoms in total. The average molecular weight is 310 g/mol. The van der Waals surface area contributed by atoms with E-state index in [1.165, 1.54) is 7.11 Å². The van der Waals surface area contributed by atoms with Crippen LogP contribution < -0.4 is 15.8 Å². The van der Waals surface area contributed by atoms with Gasteiger partial charge in [-0.05, 0) is 31.0 Å². The molecule has 3 unspecified atom stereocenters. The molecule has 0 saturated carbocycles. The van der Waals surface area contributed by atoms with E-state index in [0.717, 1.165) is 5.56 Å². The lowest BCUT2D eigenvalue weighted by Crippen LogP contribution is -2.53. The second-order valence-electron chi connectivity index (χ2n) is 4.92. The number of nitrogens with one attached hydrogen (secondary N) is 1. The first kappa shape index (κ1) is 17.9. The molecule has 1 aromatic rings. The molecule has 3 atom stereocenters. The molecule has 0 aliphatic heterocycles. The number of carboxylic acids is 1. The predicted octanol–water partition coefficient (Wildman–Crippen LogP) is 0.169. The molecule has 7 heteroatoms. The van der Waals surface area contributed by atoms with Crippen LogP contribution in [0.5, 0.6) is 5.75 Å². The van der Waals surface area contributed by atoms with Crippen molar-refractivity contribution in [2.75, 3.05) is 14.2 Å². The van der Waals surface area contributed by atoms with Gasteiger partial charge in [-0.25, -0.2) is 4.79 Å². The summed E-state index contributed by atoms with van der Waals surface area (Å²) in [4.78, 5) is 23.2. The quantitative estimate of drug-likeness (QED) is 0.631. The van der Waals surface area contributed by atoms with Gasteiger partial charge >= 0.3 is 5.97 Å². The number of ether oxygens (including phenoxy) is 2. The Morgan fingerprint density at radius 3 is 2.32 bits per heavy atom. The monoisotopic (exact) mass is 310 g/mol. The third-order valence-electron chi connectivity index (χ3n) is 3.36. The summed E-state index contributed by atoms with van der Waals surface area (Å²) in [6, 6.07) is 5.16. The average Bonchev–Trinajstić information content (AvgIpc) is 2.51. The molecule has 4 N–H and O–H groups in total. The fraction of sp³-hybridized carbons (Fsp3) is 0.467. The summed E-state index contributed by atoms with van der Waals surface area (Å²) in [6.07, 6.45) is -0.363. The number of methoxy groups -OCH3 is 2.